The van der Waals surface area contributed by atoms with Crippen LogP contribution in [0.25, 0.3) is 0 Å². The van der Waals surface area contributed by atoms with Gasteiger partial charge in [0.25, 0.3) is 0 Å². The normalized spacial score (nSPS) is 20.8. The van der Waals surface area contributed by atoms with E-state index in [0.29, 0.717) is 43.9 Å². The van der Waals surface area contributed by atoms with E-state index in [1.165, 1.54) is 16.4 Å². The summed E-state index contributed by atoms with van der Waals surface area (Å²) >= 11 is 0. The molecular weight excluding hydrogens is 705 g/mol. The van der Waals surface area contributed by atoms with Gasteiger partial charge in [-0.2, -0.15) is 4.31 Å². The van der Waals surface area contributed by atoms with Crippen molar-refractivity contribution in [3.8, 4) is 11.5 Å². The van der Waals surface area contributed by atoms with Crippen molar-refractivity contribution in [1.29, 1.82) is 0 Å². The van der Waals surface area contributed by atoms with Crippen LogP contribution in [-0.4, -0.2) is 111 Å². The summed E-state index contributed by atoms with van der Waals surface area (Å²) in [5, 5.41) is 17.7. The SMILES string of the molecule is CC(C)N(C(=O)NCCCC(C)(C)CN(C[C@@H](O)[C@H](Cc1ccccc1)NC(=O)O[C@H]1CO[C@H]2OCC[C@H]21)S(=O)(=O)c1ccc2c(c1)OCO2)C(C)C. The molecule has 2 saturated heterocycles. The number of carbonyl (C=O) groups excluding carboxylic acids is 2. The molecule has 0 saturated carbocycles. The van der Waals surface area contributed by atoms with Crippen LogP contribution in [0.2, 0.25) is 0 Å². The molecule has 3 heterocycles. The fourth-order valence-corrected chi connectivity index (χ4v) is 8.93. The number of urea groups is 1. The van der Waals surface area contributed by atoms with E-state index in [-0.39, 0.29) is 61.8 Å². The Labute approximate surface area is 313 Å². The molecule has 3 aliphatic rings. The standard InChI is InChI=1S/C38H56N4O10S/c1-25(2)42(26(3)4)36(44)39-17-10-16-38(5,6)23-41(53(46,47)28-13-14-32-33(20-28)51-24-50-32)21-31(43)30(19-27-11-8-7-9-12-27)40-37(45)52-34-22-49-35-29(34)15-18-48-35/h7-9,11-14,20,25-26,29-31,34-35,43H,10,15-19,21-24H2,1-6H3,(H,39,44)(H,40,45)/t29-,30-,31+,34-,35+/m0/s1. The van der Waals surface area contributed by atoms with E-state index in [4.69, 9.17) is 23.7 Å². The van der Waals surface area contributed by atoms with Crippen molar-refractivity contribution in [1.82, 2.24) is 19.8 Å². The average molecular weight is 761 g/mol. The third-order valence-corrected chi connectivity index (χ3v) is 11.7. The highest BCUT2D eigenvalue weighted by molar-refractivity contribution is 7.89. The smallest absolute Gasteiger partial charge is 0.407 e. The molecule has 0 bridgehead atoms. The van der Waals surface area contributed by atoms with Gasteiger partial charge in [-0.05, 0) is 76.5 Å². The van der Waals surface area contributed by atoms with Gasteiger partial charge in [-0.25, -0.2) is 18.0 Å². The first kappa shape index (κ1) is 40.6. The molecular formula is C38H56N4O10S. The second kappa shape index (κ2) is 17.7. The zero-order valence-electron chi connectivity index (χ0n) is 31.7. The maximum atomic E-state index is 14.4. The number of nitrogens with zero attached hydrogens (tertiary/aromatic N) is 2. The van der Waals surface area contributed by atoms with Crippen molar-refractivity contribution < 1.29 is 46.8 Å². The van der Waals surface area contributed by atoms with Gasteiger partial charge in [0.15, 0.2) is 17.8 Å². The lowest BCUT2D eigenvalue weighted by atomic mass is 9.87. The van der Waals surface area contributed by atoms with Crippen molar-refractivity contribution in [2.45, 2.75) is 109 Å². The van der Waals surface area contributed by atoms with Gasteiger partial charge in [-0.3, -0.25) is 0 Å². The quantitative estimate of drug-likeness (QED) is 0.196. The number of aliphatic hydroxyl groups excluding tert-OH is 1. The van der Waals surface area contributed by atoms with Gasteiger partial charge in [0.1, 0.15) is 6.10 Å². The molecule has 0 radical (unpaired) electrons. The highest BCUT2D eigenvalue weighted by Gasteiger charge is 2.44. The Bertz CT molecular complexity index is 1630. The molecule has 0 aliphatic carbocycles. The van der Waals surface area contributed by atoms with Crippen LogP contribution in [-0.2, 0) is 30.7 Å². The minimum absolute atomic E-state index is 0.0126. The Morgan fingerprint density at radius 2 is 1.74 bits per heavy atom. The third-order valence-electron chi connectivity index (χ3n) is 9.94. The van der Waals surface area contributed by atoms with E-state index >= 15 is 0 Å². The van der Waals surface area contributed by atoms with Crippen molar-refractivity contribution >= 4 is 22.1 Å². The predicted molar refractivity (Wildman–Crippen MR) is 197 cm³/mol. The molecule has 14 nitrogen and oxygen atoms in total. The van der Waals surface area contributed by atoms with E-state index in [9.17, 15) is 23.1 Å². The van der Waals surface area contributed by atoms with Gasteiger partial charge in [-0.15, -0.1) is 0 Å². The number of alkyl carbamates (subject to hydrolysis) is 1. The summed E-state index contributed by atoms with van der Waals surface area (Å²) in [5.41, 5.74) is 0.263. The first-order valence-corrected chi connectivity index (χ1v) is 20.0. The molecule has 5 atom stereocenters. The number of nitrogens with one attached hydrogen (secondary N) is 2. The number of fused-ring (bicyclic) bond motifs is 2. The Balaban J connectivity index is 1.33. The molecule has 3 aliphatic heterocycles. The number of hydrogen-bond acceptors (Lipinski definition) is 10. The molecule has 3 N–H and O–H groups in total. The van der Waals surface area contributed by atoms with Crippen LogP contribution in [0, 0.1) is 11.3 Å². The maximum absolute atomic E-state index is 14.4. The zero-order valence-corrected chi connectivity index (χ0v) is 32.5. The monoisotopic (exact) mass is 760 g/mol. The largest absolute Gasteiger partial charge is 0.454 e. The van der Waals surface area contributed by atoms with Gasteiger partial charge in [0.05, 0.1) is 36.2 Å². The van der Waals surface area contributed by atoms with Crippen LogP contribution in [0.4, 0.5) is 9.59 Å². The lowest BCUT2D eigenvalue weighted by Gasteiger charge is -2.35. The Morgan fingerprint density at radius 3 is 2.45 bits per heavy atom. The van der Waals surface area contributed by atoms with E-state index < -0.39 is 46.1 Å². The van der Waals surface area contributed by atoms with Gasteiger partial charge in [0, 0.05) is 37.8 Å². The fraction of sp³-hybridized carbons (Fsp3) is 0.632. The van der Waals surface area contributed by atoms with Crippen LogP contribution in [0.5, 0.6) is 11.5 Å². The van der Waals surface area contributed by atoms with Crippen molar-refractivity contribution in [2.75, 3.05) is 39.6 Å². The summed E-state index contributed by atoms with van der Waals surface area (Å²) in [5.74, 6) is 0.691. The van der Waals surface area contributed by atoms with Crippen LogP contribution in [0.1, 0.15) is 66.4 Å². The first-order chi connectivity index (χ1) is 25.1. The lowest BCUT2D eigenvalue weighted by Crippen LogP contribution is -2.52. The summed E-state index contributed by atoms with van der Waals surface area (Å²) in [7, 11) is -4.20. The average Bonchev–Trinajstić information content (AvgIpc) is 3.85. The third kappa shape index (κ3) is 10.5. The van der Waals surface area contributed by atoms with Crippen molar-refractivity contribution in [3.05, 3.63) is 54.1 Å². The van der Waals surface area contributed by atoms with Gasteiger partial charge in [-0.1, -0.05) is 44.2 Å². The predicted octanol–water partition coefficient (Wildman–Crippen LogP) is 4.50. The lowest BCUT2D eigenvalue weighted by molar-refractivity contribution is -0.0907. The molecule has 2 aromatic carbocycles. The summed E-state index contributed by atoms with van der Waals surface area (Å²) in [6.07, 6.45) is -0.848. The van der Waals surface area contributed by atoms with Crippen LogP contribution < -0.4 is 20.1 Å². The number of amides is 3. The Morgan fingerprint density at radius 1 is 1.02 bits per heavy atom. The number of benzene rings is 2. The van der Waals surface area contributed by atoms with Crippen LogP contribution in [0.15, 0.2) is 53.4 Å². The Kier molecular flexibility index (Phi) is 13.5. The molecule has 0 spiro atoms. The fourth-order valence-electron chi connectivity index (χ4n) is 7.27. The second-order valence-corrected chi connectivity index (χ2v) is 17.3. The molecule has 2 aromatic rings. The first-order valence-electron chi connectivity index (χ1n) is 18.5. The molecule has 0 unspecified atom stereocenters. The van der Waals surface area contributed by atoms with Crippen molar-refractivity contribution in [3.63, 3.8) is 0 Å². The molecule has 53 heavy (non-hydrogen) atoms. The van der Waals surface area contributed by atoms with E-state index in [1.54, 1.807) is 11.0 Å². The highest BCUT2D eigenvalue weighted by Crippen LogP contribution is 2.36. The molecule has 0 aromatic heterocycles. The van der Waals surface area contributed by atoms with E-state index in [2.05, 4.69) is 10.6 Å². The number of hydrogen-bond donors (Lipinski definition) is 3. The second-order valence-electron chi connectivity index (χ2n) is 15.4. The number of carbonyl (C=O) groups is 2. The maximum Gasteiger partial charge on any atom is 0.407 e. The molecule has 15 heteroatoms. The Hall–Kier alpha value is -3.63. The van der Waals surface area contributed by atoms with E-state index in [1.807, 2.05) is 71.9 Å². The van der Waals surface area contributed by atoms with Crippen LogP contribution >= 0.6 is 0 Å². The molecule has 5 rings (SSSR count). The molecule has 3 amide bonds. The van der Waals surface area contributed by atoms with Crippen LogP contribution in [0.3, 0.4) is 0 Å². The molecule has 294 valence electrons. The van der Waals surface area contributed by atoms with Crippen molar-refractivity contribution in [2.24, 2.45) is 11.3 Å². The summed E-state index contributed by atoms with van der Waals surface area (Å²) in [4.78, 5) is 27.9. The highest BCUT2D eigenvalue weighted by atomic mass is 32.2. The summed E-state index contributed by atoms with van der Waals surface area (Å²) < 4.78 is 58.0. The van der Waals surface area contributed by atoms with Gasteiger partial charge < -0.3 is 44.3 Å². The summed E-state index contributed by atoms with van der Waals surface area (Å²) in [6, 6.07) is 12.8. The van der Waals surface area contributed by atoms with Gasteiger partial charge in [0.2, 0.25) is 16.8 Å². The van der Waals surface area contributed by atoms with E-state index in [0.717, 1.165) is 5.56 Å². The number of aliphatic hydroxyl groups is 1. The minimum Gasteiger partial charge on any atom is -0.454 e. The topological polar surface area (TPSA) is 165 Å². The van der Waals surface area contributed by atoms with Gasteiger partial charge >= 0.3 is 12.1 Å². The number of rotatable bonds is 17. The molecule has 2 fully saturated rings. The number of sulfonamides is 1. The summed E-state index contributed by atoms with van der Waals surface area (Å²) in [6.45, 7) is 12.7. The minimum atomic E-state index is -4.20. The number of ether oxygens (including phenoxy) is 5. The zero-order chi connectivity index (χ0) is 38.3.